The highest BCUT2D eigenvalue weighted by Gasteiger charge is 2.35. The number of carbonyl (C=O) groups excluding carboxylic acids is 3. The van der Waals surface area contributed by atoms with Crippen LogP contribution in [0.5, 0.6) is 0 Å². The van der Waals surface area contributed by atoms with Crippen molar-refractivity contribution < 1.29 is 28.6 Å². The van der Waals surface area contributed by atoms with Crippen molar-refractivity contribution in [2.75, 3.05) is 6.61 Å². The fraction of sp³-hybridized carbons (Fsp3) is 0.636. The molecule has 0 atom stereocenters. The van der Waals surface area contributed by atoms with Gasteiger partial charge in [-0.05, 0) is 20.8 Å². The van der Waals surface area contributed by atoms with E-state index in [1.54, 1.807) is 20.8 Å². The molecule has 21 heavy (non-hydrogen) atoms. The monoisotopic (exact) mass is 358 g/mol. The molecule has 0 aromatic carbocycles. The molecule has 0 aliphatic heterocycles. The molecule has 0 saturated heterocycles. The highest BCUT2D eigenvalue weighted by atomic mass is 35.6. The number of halogens is 3. The van der Waals surface area contributed by atoms with Gasteiger partial charge in [0.1, 0.15) is 18.6 Å². The number of alkyl halides is 3. The van der Waals surface area contributed by atoms with E-state index in [-0.39, 0.29) is 0 Å². The molecule has 0 unspecified atom stereocenters. The van der Waals surface area contributed by atoms with Crippen LogP contribution in [0.2, 0.25) is 0 Å². The minimum Gasteiger partial charge on any atom is -0.460 e. The molecule has 0 aliphatic rings. The maximum absolute atomic E-state index is 11.6. The lowest BCUT2D eigenvalue weighted by molar-refractivity contribution is -0.156. The molecule has 0 rings (SSSR count). The number of hydrogen-bond donors (Lipinski definition) is 0. The summed E-state index contributed by atoms with van der Waals surface area (Å²) >= 11 is 16.1. The van der Waals surface area contributed by atoms with Crippen molar-refractivity contribution in [3.63, 3.8) is 0 Å². The first-order valence-electron chi connectivity index (χ1n) is 5.56. The van der Waals surface area contributed by atoms with E-state index in [1.165, 1.54) is 0 Å². The van der Waals surface area contributed by atoms with E-state index >= 15 is 0 Å². The molecule has 0 radical (unpaired) electrons. The number of esters is 2. The SMILES string of the molecule is CC(C)(C)OC(=O)CC(=O)C(=[N+]=[N-])C(=O)OCC(Cl)(Cl)Cl. The van der Waals surface area contributed by atoms with Crippen LogP contribution in [0.1, 0.15) is 27.2 Å². The van der Waals surface area contributed by atoms with Crippen LogP contribution >= 0.6 is 34.8 Å². The molecule has 118 valence electrons. The third-order valence-electron chi connectivity index (χ3n) is 1.65. The zero-order valence-electron chi connectivity index (χ0n) is 11.5. The molecular formula is C11H13Cl3N2O5. The molecule has 7 nitrogen and oxygen atoms in total. The van der Waals surface area contributed by atoms with Crippen molar-refractivity contribution in [2.24, 2.45) is 0 Å². The summed E-state index contributed by atoms with van der Waals surface area (Å²) in [6.07, 6.45) is -0.792. The second-order valence-corrected chi connectivity index (χ2v) is 7.34. The highest BCUT2D eigenvalue weighted by Crippen LogP contribution is 2.25. The van der Waals surface area contributed by atoms with E-state index in [9.17, 15) is 14.4 Å². The van der Waals surface area contributed by atoms with E-state index < -0.39 is 45.9 Å². The molecule has 0 bridgehead atoms. The Bertz CT molecular complexity index is 487. The molecule has 0 aliphatic carbocycles. The molecule has 0 N–H and O–H groups in total. The summed E-state index contributed by atoms with van der Waals surface area (Å²) in [5, 5.41) is 0. The van der Waals surface area contributed by atoms with Crippen molar-refractivity contribution in [3.05, 3.63) is 5.53 Å². The first-order valence-corrected chi connectivity index (χ1v) is 6.70. The van der Waals surface area contributed by atoms with Gasteiger partial charge in [0.2, 0.25) is 3.79 Å². The maximum Gasteiger partial charge on any atom is 0.442 e. The van der Waals surface area contributed by atoms with Crippen LogP contribution in [0.15, 0.2) is 0 Å². The first kappa shape index (κ1) is 19.9. The van der Waals surface area contributed by atoms with Gasteiger partial charge in [-0.15, -0.1) is 0 Å². The Morgan fingerprint density at radius 3 is 2.05 bits per heavy atom. The van der Waals surface area contributed by atoms with Gasteiger partial charge in [0.15, 0.2) is 0 Å². The lowest BCUT2D eigenvalue weighted by Crippen LogP contribution is -2.33. The molecule has 0 saturated carbocycles. The Labute approximate surface area is 136 Å². The summed E-state index contributed by atoms with van der Waals surface area (Å²) in [6.45, 7) is 4.15. The molecule has 0 fully saturated rings. The topological polar surface area (TPSA) is 106 Å². The smallest absolute Gasteiger partial charge is 0.442 e. The van der Waals surface area contributed by atoms with E-state index in [4.69, 9.17) is 45.1 Å². The first-order chi connectivity index (χ1) is 9.35. The van der Waals surface area contributed by atoms with E-state index in [2.05, 4.69) is 9.53 Å². The molecule has 0 amide bonds. The van der Waals surface area contributed by atoms with Crippen LogP contribution < -0.4 is 0 Å². The Hall–Kier alpha value is -1.14. The van der Waals surface area contributed by atoms with Gasteiger partial charge in [-0.2, -0.15) is 4.79 Å². The lowest BCUT2D eigenvalue weighted by atomic mass is 10.1. The van der Waals surface area contributed by atoms with Crippen LogP contribution in [-0.4, -0.2) is 44.2 Å². The van der Waals surface area contributed by atoms with E-state index in [1.807, 2.05) is 0 Å². The molecular weight excluding hydrogens is 346 g/mol. The van der Waals surface area contributed by atoms with Gasteiger partial charge >= 0.3 is 17.7 Å². The molecule has 10 heteroatoms. The van der Waals surface area contributed by atoms with Crippen LogP contribution in [0.4, 0.5) is 0 Å². The second kappa shape index (κ2) is 7.75. The predicted octanol–water partition coefficient (Wildman–Crippen LogP) is 1.87. The van der Waals surface area contributed by atoms with Crippen molar-refractivity contribution >= 4 is 58.2 Å². The van der Waals surface area contributed by atoms with Gasteiger partial charge in [-0.25, -0.2) is 4.79 Å². The van der Waals surface area contributed by atoms with Crippen molar-refractivity contribution in [1.29, 1.82) is 0 Å². The quantitative estimate of drug-likeness (QED) is 0.186. The predicted molar refractivity (Wildman–Crippen MR) is 75.3 cm³/mol. The Balaban J connectivity index is 4.68. The average Bonchev–Trinajstić information content (AvgIpc) is 2.23. The Kier molecular flexibility index (Phi) is 7.33. The van der Waals surface area contributed by atoms with Gasteiger partial charge in [-0.1, -0.05) is 34.8 Å². The van der Waals surface area contributed by atoms with Crippen molar-refractivity contribution in [3.8, 4) is 0 Å². The second-order valence-electron chi connectivity index (χ2n) is 4.83. The average molecular weight is 360 g/mol. The number of carbonyl (C=O) groups is 3. The van der Waals surface area contributed by atoms with Gasteiger partial charge in [0, 0.05) is 0 Å². The zero-order chi connectivity index (χ0) is 16.8. The Morgan fingerprint density at radius 2 is 1.67 bits per heavy atom. The van der Waals surface area contributed by atoms with Crippen LogP contribution in [0.3, 0.4) is 0 Å². The normalized spacial score (nSPS) is 11.3. The van der Waals surface area contributed by atoms with Crippen molar-refractivity contribution in [1.82, 2.24) is 0 Å². The summed E-state index contributed by atoms with van der Waals surface area (Å²) in [5.74, 6) is -3.29. The number of ketones is 1. The maximum atomic E-state index is 11.6. The molecule has 0 aromatic heterocycles. The fourth-order valence-corrected chi connectivity index (χ4v) is 1.18. The molecule has 0 aromatic rings. The van der Waals surface area contributed by atoms with Crippen molar-refractivity contribution in [2.45, 2.75) is 36.6 Å². The third-order valence-corrected chi connectivity index (χ3v) is 1.98. The largest absolute Gasteiger partial charge is 0.460 e. The van der Waals surface area contributed by atoms with Crippen LogP contribution in [0, 0.1) is 0 Å². The lowest BCUT2D eigenvalue weighted by Gasteiger charge is -2.18. The minimum atomic E-state index is -1.88. The molecule has 0 heterocycles. The number of hydrogen-bond acceptors (Lipinski definition) is 5. The summed E-state index contributed by atoms with van der Waals surface area (Å²) in [6, 6.07) is 0. The number of rotatable bonds is 5. The van der Waals surface area contributed by atoms with Gasteiger partial charge in [-0.3, -0.25) is 9.59 Å². The summed E-state index contributed by atoms with van der Waals surface area (Å²) in [5.41, 5.74) is 6.86. The number of Topliss-reactive ketones (excluding diaryl/α,β-unsaturated/α-hetero) is 1. The Morgan fingerprint density at radius 1 is 1.14 bits per heavy atom. The van der Waals surface area contributed by atoms with E-state index in [0.717, 1.165) is 0 Å². The summed E-state index contributed by atoms with van der Waals surface area (Å²) in [4.78, 5) is 37.0. The zero-order valence-corrected chi connectivity index (χ0v) is 13.8. The fourth-order valence-electron chi connectivity index (χ4n) is 1.02. The van der Waals surface area contributed by atoms with Gasteiger partial charge in [0.05, 0.1) is 0 Å². The minimum absolute atomic E-state index is 0.658. The van der Waals surface area contributed by atoms with Gasteiger partial charge < -0.3 is 15.0 Å². The van der Waals surface area contributed by atoms with Crippen LogP contribution in [0.25, 0.3) is 5.53 Å². The highest BCUT2D eigenvalue weighted by molar-refractivity contribution is 6.68. The summed E-state index contributed by atoms with van der Waals surface area (Å²) < 4.78 is 7.47. The summed E-state index contributed by atoms with van der Waals surface area (Å²) in [7, 11) is 0. The number of nitrogens with zero attached hydrogens (tertiary/aromatic N) is 2. The van der Waals surface area contributed by atoms with E-state index in [0.29, 0.717) is 0 Å². The molecule has 0 spiro atoms. The van der Waals surface area contributed by atoms with Crippen LogP contribution in [-0.2, 0) is 23.9 Å². The van der Waals surface area contributed by atoms with Gasteiger partial charge in [0.25, 0.3) is 5.78 Å². The third kappa shape index (κ3) is 9.42. The standard InChI is InChI=1S/C11H13Cl3N2O5/c1-10(2,3)21-7(18)4-6(17)8(16-15)9(19)20-5-11(12,13)14/h4-5H2,1-3H3. The number of ether oxygens (including phenoxy) is 2.